The Labute approximate surface area is 163 Å². The van der Waals surface area contributed by atoms with Gasteiger partial charge < -0.3 is 4.52 Å². The minimum atomic E-state index is -3.13. The molecule has 154 valence electrons. The van der Waals surface area contributed by atoms with Crippen LogP contribution in [0, 0.1) is 11.8 Å². The third-order valence-electron chi connectivity index (χ3n) is 5.81. The van der Waals surface area contributed by atoms with Gasteiger partial charge in [0.05, 0.1) is 12.8 Å². The van der Waals surface area contributed by atoms with Crippen molar-refractivity contribution in [3.05, 3.63) is 11.7 Å². The van der Waals surface area contributed by atoms with Crippen molar-refractivity contribution in [1.82, 2.24) is 19.3 Å². The first-order chi connectivity index (χ1) is 12.8. The largest absolute Gasteiger partial charge is 0.338 e. The molecule has 2 aliphatic rings. The van der Waals surface area contributed by atoms with Gasteiger partial charge in [-0.2, -0.15) is 9.29 Å². The van der Waals surface area contributed by atoms with Crippen molar-refractivity contribution in [2.75, 3.05) is 25.9 Å². The first-order valence-corrected chi connectivity index (χ1v) is 12.2. The van der Waals surface area contributed by atoms with Gasteiger partial charge in [0.25, 0.3) is 0 Å². The second-order valence-electron chi connectivity index (χ2n) is 8.61. The van der Waals surface area contributed by atoms with Gasteiger partial charge in [-0.1, -0.05) is 31.8 Å². The van der Waals surface area contributed by atoms with E-state index in [9.17, 15) is 8.42 Å². The van der Waals surface area contributed by atoms with Crippen LogP contribution < -0.4 is 0 Å². The fraction of sp³-hybridized carbons (Fsp3) is 0.895. The van der Waals surface area contributed by atoms with Gasteiger partial charge in [-0.15, -0.1) is 0 Å². The van der Waals surface area contributed by atoms with Crippen molar-refractivity contribution in [3.63, 3.8) is 0 Å². The Bertz CT molecular complexity index is 696. The summed E-state index contributed by atoms with van der Waals surface area (Å²) in [7, 11) is -3.13. The molecule has 0 N–H and O–H groups in total. The molecule has 0 unspecified atom stereocenters. The number of aromatic nitrogens is 2. The lowest BCUT2D eigenvalue weighted by molar-refractivity contribution is 0.115. The van der Waals surface area contributed by atoms with Crippen LogP contribution in [0.5, 0.6) is 0 Å². The van der Waals surface area contributed by atoms with E-state index in [0.717, 1.165) is 63.9 Å². The van der Waals surface area contributed by atoms with Gasteiger partial charge in [-0.25, -0.2) is 8.42 Å². The summed E-state index contributed by atoms with van der Waals surface area (Å²) in [4.78, 5) is 6.85. The maximum Gasteiger partial charge on any atom is 0.240 e. The van der Waals surface area contributed by atoms with Gasteiger partial charge in [0, 0.05) is 19.0 Å². The summed E-state index contributed by atoms with van der Waals surface area (Å²) in [6, 6.07) is 0.172. The molecule has 0 saturated carbocycles. The molecule has 2 aliphatic heterocycles. The molecule has 0 amide bonds. The highest BCUT2D eigenvalue weighted by Gasteiger charge is 2.35. The lowest BCUT2D eigenvalue weighted by atomic mass is 9.87. The van der Waals surface area contributed by atoms with E-state index in [4.69, 9.17) is 4.52 Å². The minimum absolute atomic E-state index is 0.172. The summed E-state index contributed by atoms with van der Waals surface area (Å²) in [6.07, 6.45) is 8.53. The molecule has 0 bridgehead atoms. The second-order valence-corrected chi connectivity index (χ2v) is 10.5. The van der Waals surface area contributed by atoms with Gasteiger partial charge >= 0.3 is 0 Å². The highest BCUT2D eigenvalue weighted by atomic mass is 32.2. The molecule has 3 rings (SSSR count). The van der Waals surface area contributed by atoms with Crippen molar-refractivity contribution < 1.29 is 12.9 Å². The molecule has 1 atom stereocenters. The topological polar surface area (TPSA) is 79.5 Å². The number of piperidine rings is 1. The Balaban J connectivity index is 1.55. The quantitative estimate of drug-likeness (QED) is 0.733. The maximum atomic E-state index is 12.3. The fourth-order valence-electron chi connectivity index (χ4n) is 4.48. The van der Waals surface area contributed by atoms with Crippen LogP contribution in [0.3, 0.4) is 0 Å². The Morgan fingerprint density at radius 3 is 2.52 bits per heavy atom. The lowest BCUT2D eigenvalue weighted by Gasteiger charge is -2.39. The molecule has 7 nitrogen and oxygen atoms in total. The summed E-state index contributed by atoms with van der Waals surface area (Å²) in [5.74, 6) is 2.45. The van der Waals surface area contributed by atoms with Crippen LogP contribution in [0.1, 0.15) is 64.1 Å². The van der Waals surface area contributed by atoms with Crippen LogP contribution in [-0.2, 0) is 23.0 Å². The van der Waals surface area contributed by atoms with Crippen LogP contribution in [0.2, 0.25) is 0 Å². The fourth-order valence-corrected chi connectivity index (χ4v) is 5.71. The second kappa shape index (κ2) is 9.01. The van der Waals surface area contributed by atoms with Gasteiger partial charge in [0.15, 0.2) is 5.82 Å². The molecule has 2 fully saturated rings. The standard InChI is InChI=1S/C19H34N4O3S/c1-15(2)13-18-20-19(26-21-18)14-22-11-8-16(9-12-22)17-7-5-4-6-10-23(17)27(3,24)25/h15-17H,4-14H2,1-3H3/t17-/m0/s1. The number of nitrogens with zero attached hydrogens (tertiary/aromatic N) is 4. The highest BCUT2D eigenvalue weighted by molar-refractivity contribution is 7.88. The summed E-state index contributed by atoms with van der Waals surface area (Å²) in [5, 5.41) is 4.07. The summed E-state index contributed by atoms with van der Waals surface area (Å²) < 4.78 is 31.7. The van der Waals surface area contributed by atoms with Crippen LogP contribution in [0.15, 0.2) is 4.52 Å². The molecule has 1 aromatic heterocycles. The molecular formula is C19H34N4O3S. The van der Waals surface area contributed by atoms with Crippen molar-refractivity contribution in [1.29, 1.82) is 0 Å². The molecular weight excluding hydrogens is 364 g/mol. The molecule has 1 aromatic rings. The number of hydrogen-bond donors (Lipinski definition) is 0. The zero-order chi connectivity index (χ0) is 19.4. The number of hydrogen-bond acceptors (Lipinski definition) is 6. The Hall–Kier alpha value is -0.990. The zero-order valence-corrected chi connectivity index (χ0v) is 17.7. The molecule has 2 saturated heterocycles. The van der Waals surface area contributed by atoms with Crippen LogP contribution in [0.4, 0.5) is 0 Å². The monoisotopic (exact) mass is 398 g/mol. The summed E-state index contributed by atoms with van der Waals surface area (Å²) >= 11 is 0. The third-order valence-corrected chi connectivity index (χ3v) is 7.12. The molecule has 0 spiro atoms. The third kappa shape index (κ3) is 5.74. The molecule has 0 aromatic carbocycles. The number of rotatable bonds is 6. The zero-order valence-electron chi connectivity index (χ0n) is 16.9. The van der Waals surface area contributed by atoms with Gasteiger partial charge in [0.2, 0.25) is 15.9 Å². The average Bonchev–Trinajstić information content (AvgIpc) is 2.87. The Kier molecular flexibility index (Phi) is 6.92. The average molecular weight is 399 g/mol. The van der Waals surface area contributed by atoms with Gasteiger partial charge in [0.1, 0.15) is 0 Å². The molecule has 8 heteroatoms. The van der Waals surface area contributed by atoms with E-state index in [1.165, 1.54) is 6.26 Å². The predicted octanol–water partition coefficient (Wildman–Crippen LogP) is 2.68. The molecule has 27 heavy (non-hydrogen) atoms. The maximum absolute atomic E-state index is 12.3. The smallest absolute Gasteiger partial charge is 0.240 e. The van der Waals surface area contributed by atoms with Crippen molar-refractivity contribution in [2.24, 2.45) is 11.8 Å². The number of likely N-dealkylation sites (tertiary alicyclic amines) is 1. The van der Waals surface area contributed by atoms with E-state index in [2.05, 4.69) is 28.9 Å². The van der Waals surface area contributed by atoms with E-state index in [0.29, 0.717) is 30.8 Å². The lowest BCUT2D eigenvalue weighted by Crippen LogP contribution is -2.47. The van der Waals surface area contributed by atoms with Crippen molar-refractivity contribution >= 4 is 10.0 Å². The number of sulfonamides is 1. The van der Waals surface area contributed by atoms with Crippen molar-refractivity contribution in [3.8, 4) is 0 Å². The Morgan fingerprint density at radius 1 is 1.11 bits per heavy atom. The first-order valence-electron chi connectivity index (χ1n) is 10.3. The van der Waals surface area contributed by atoms with Crippen LogP contribution >= 0.6 is 0 Å². The normalized spacial score (nSPS) is 24.4. The molecule has 0 radical (unpaired) electrons. The van der Waals surface area contributed by atoms with Gasteiger partial charge in [-0.05, 0) is 50.6 Å². The molecule has 3 heterocycles. The summed E-state index contributed by atoms with van der Waals surface area (Å²) in [6.45, 7) is 7.59. The van der Waals surface area contributed by atoms with Gasteiger partial charge in [-0.3, -0.25) is 4.90 Å². The summed E-state index contributed by atoms with van der Waals surface area (Å²) in [5.41, 5.74) is 0. The van der Waals surface area contributed by atoms with E-state index < -0.39 is 10.0 Å². The van der Waals surface area contributed by atoms with E-state index in [-0.39, 0.29) is 6.04 Å². The van der Waals surface area contributed by atoms with E-state index in [1.54, 1.807) is 4.31 Å². The minimum Gasteiger partial charge on any atom is -0.338 e. The van der Waals surface area contributed by atoms with Crippen molar-refractivity contribution in [2.45, 2.75) is 71.4 Å². The van der Waals surface area contributed by atoms with E-state index in [1.807, 2.05) is 0 Å². The predicted molar refractivity (Wildman–Crippen MR) is 105 cm³/mol. The first kappa shape index (κ1) is 20.7. The van der Waals surface area contributed by atoms with E-state index >= 15 is 0 Å². The van der Waals surface area contributed by atoms with Crippen LogP contribution in [-0.4, -0.2) is 59.7 Å². The SMILES string of the molecule is CC(C)Cc1noc(CN2CCC([C@@H]3CCCCCN3S(C)(=O)=O)CC2)n1. The molecule has 0 aliphatic carbocycles. The Morgan fingerprint density at radius 2 is 1.85 bits per heavy atom. The highest BCUT2D eigenvalue weighted by Crippen LogP contribution is 2.31. The van der Waals surface area contributed by atoms with Crippen LogP contribution in [0.25, 0.3) is 0 Å².